The molecule has 5 nitrogen and oxygen atoms in total. The molecule has 2 atom stereocenters. The molecule has 0 aliphatic rings. The zero-order chi connectivity index (χ0) is 17.5. The SMILES string of the molecule is CC(O)CC(C)CNC(=O)CCc1ncc(-c2ccc(F)cc2)o1. The number of oxazole rings is 1. The van der Waals surface area contributed by atoms with Crippen molar-refractivity contribution in [2.24, 2.45) is 5.92 Å². The number of amides is 1. The smallest absolute Gasteiger partial charge is 0.220 e. The first-order valence-electron chi connectivity index (χ1n) is 8.09. The first-order chi connectivity index (χ1) is 11.4. The quantitative estimate of drug-likeness (QED) is 0.778. The molecule has 130 valence electrons. The number of aliphatic hydroxyl groups is 1. The van der Waals surface area contributed by atoms with Crippen molar-refractivity contribution in [2.45, 2.75) is 39.2 Å². The summed E-state index contributed by atoms with van der Waals surface area (Å²) in [6.07, 6.45) is 2.54. The van der Waals surface area contributed by atoms with Gasteiger partial charge < -0.3 is 14.8 Å². The number of rotatable bonds is 8. The number of benzene rings is 1. The van der Waals surface area contributed by atoms with Crippen LogP contribution in [0.2, 0.25) is 0 Å². The number of nitrogens with zero attached hydrogens (tertiary/aromatic N) is 1. The number of carbonyl (C=O) groups is 1. The Bertz CT molecular complexity index is 653. The van der Waals surface area contributed by atoms with Gasteiger partial charge in [-0.2, -0.15) is 0 Å². The molecular weight excluding hydrogens is 311 g/mol. The molecule has 24 heavy (non-hydrogen) atoms. The molecule has 2 aromatic rings. The van der Waals surface area contributed by atoms with E-state index in [9.17, 15) is 14.3 Å². The van der Waals surface area contributed by atoms with Gasteiger partial charge in [-0.1, -0.05) is 6.92 Å². The summed E-state index contributed by atoms with van der Waals surface area (Å²) in [4.78, 5) is 16.0. The van der Waals surface area contributed by atoms with Gasteiger partial charge in [-0.05, 0) is 43.5 Å². The van der Waals surface area contributed by atoms with E-state index < -0.39 is 0 Å². The van der Waals surface area contributed by atoms with Crippen molar-refractivity contribution in [3.05, 3.63) is 42.2 Å². The summed E-state index contributed by atoms with van der Waals surface area (Å²) >= 11 is 0. The molecule has 1 aromatic carbocycles. The lowest BCUT2D eigenvalue weighted by Gasteiger charge is -2.13. The summed E-state index contributed by atoms with van der Waals surface area (Å²) in [6.45, 7) is 4.26. The Labute approximate surface area is 140 Å². The Balaban J connectivity index is 1.78. The maximum Gasteiger partial charge on any atom is 0.220 e. The van der Waals surface area contributed by atoms with E-state index >= 15 is 0 Å². The van der Waals surface area contributed by atoms with E-state index in [2.05, 4.69) is 10.3 Å². The minimum atomic E-state index is -0.367. The van der Waals surface area contributed by atoms with E-state index in [1.807, 2.05) is 6.92 Å². The highest BCUT2D eigenvalue weighted by Gasteiger charge is 2.11. The third kappa shape index (κ3) is 5.77. The molecule has 0 saturated heterocycles. The Morgan fingerprint density at radius 2 is 2.04 bits per heavy atom. The standard InChI is InChI=1S/C18H23FN2O3/c1-12(9-13(2)22)10-20-17(23)7-8-18-21-11-16(24-18)14-3-5-15(19)6-4-14/h3-6,11-13,22H,7-10H2,1-2H3,(H,20,23). The van der Waals surface area contributed by atoms with Crippen LogP contribution in [-0.4, -0.2) is 28.6 Å². The average molecular weight is 334 g/mol. The summed E-state index contributed by atoms with van der Waals surface area (Å²) in [5.74, 6) is 0.868. The van der Waals surface area contributed by atoms with Crippen molar-refractivity contribution >= 4 is 5.91 Å². The second kappa shape index (κ2) is 8.59. The van der Waals surface area contributed by atoms with Crippen LogP contribution in [0.25, 0.3) is 11.3 Å². The normalized spacial score (nSPS) is 13.5. The second-order valence-electron chi connectivity index (χ2n) is 6.12. The van der Waals surface area contributed by atoms with E-state index in [1.54, 1.807) is 25.3 Å². The molecule has 2 rings (SSSR count). The van der Waals surface area contributed by atoms with Crippen LogP contribution >= 0.6 is 0 Å². The van der Waals surface area contributed by atoms with Crippen molar-refractivity contribution in [1.82, 2.24) is 10.3 Å². The fourth-order valence-corrected chi connectivity index (χ4v) is 2.44. The van der Waals surface area contributed by atoms with Crippen LogP contribution in [0.5, 0.6) is 0 Å². The predicted octanol–water partition coefficient (Wildman–Crippen LogP) is 2.94. The van der Waals surface area contributed by atoms with Gasteiger partial charge in [-0.3, -0.25) is 4.79 Å². The van der Waals surface area contributed by atoms with Crippen molar-refractivity contribution in [2.75, 3.05) is 6.54 Å². The Kier molecular flexibility index (Phi) is 6.49. The monoisotopic (exact) mass is 334 g/mol. The highest BCUT2D eigenvalue weighted by molar-refractivity contribution is 5.76. The van der Waals surface area contributed by atoms with Gasteiger partial charge in [-0.15, -0.1) is 0 Å². The molecule has 0 bridgehead atoms. The van der Waals surface area contributed by atoms with Crippen molar-refractivity contribution < 1.29 is 18.7 Å². The number of nitrogens with one attached hydrogen (secondary N) is 1. The van der Waals surface area contributed by atoms with Crippen LogP contribution in [-0.2, 0) is 11.2 Å². The maximum absolute atomic E-state index is 12.9. The molecule has 0 fully saturated rings. The molecule has 0 saturated carbocycles. The number of aliphatic hydroxyl groups excluding tert-OH is 1. The highest BCUT2D eigenvalue weighted by atomic mass is 19.1. The van der Waals surface area contributed by atoms with Crippen LogP contribution in [0.1, 0.15) is 32.6 Å². The Hall–Kier alpha value is -2.21. The van der Waals surface area contributed by atoms with E-state index in [4.69, 9.17) is 4.42 Å². The molecule has 1 heterocycles. The summed E-state index contributed by atoms with van der Waals surface area (Å²) in [5.41, 5.74) is 0.742. The van der Waals surface area contributed by atoms with E-state index in [0.717, 1.165) is 5.56 Å². The molecule has 1 amide bonds. The number of halogens is 1. The minimum Gasteiger partial charge on any atom is -0.441 e. The minimum absolute atomic E-state index is 0.0750. The number of aromatic nitrogens is 1. The fraction of sp³-hybridized carbons (Fsp3) is 0.444. The molecule has 0 radical (unpaired) electrons. The van der Waals surface area contributed by atoms with Gasteiger partial charge in [0, 0.05) is 24.9 Å². The van der Waals surface area contributed by atoms with E-state index in [0.29, 0.717) is 31.0 Å². The molecule has 2 unspecified atom stereocenters. The van der Waals surface area contributed by atoms with Crippen LogP contribution in [0.15, 0.2) is 34.9 Å². The van der Waals surface area contributed by atoms with Gasteiger partial charge in [0.1, 0.15) is 5.82 Å². The molecule has 6 heteroatoms. The molecule has 0 spiro atoms. The van der Waals surface area contributed by atoms with Crippen LogP contribution in [0, 0.1) is 11.7 Å². The van der Waals surface area contributed by atoms with Gasteiger partial charge in [-0.25, -0.2) is 9.37 Å². The highest BCUT2D eigenvalue weighted by Crippen LogP contribution is 2.21. The average Bonchev–Trinajstić information content (AvgIpc) is 3.00. The van der Waals surface area contributed by atoms with E-state index in [-0.39, 0.29) is 30.2 Å². The Morgan fingerprint density at radius 1 is 1.33 bits per heavy atom. The third-order valence-electron chi connectivity index (χ3n) is 3.64. The van der Waals surface area contributed by atoms with Gasteiger partial charge in [0.2, 0.25) is 5.91 Å². The van der Waals surface area contributed by atoms with Crippen molar-refractivity contribution in [1.29, 1.82) is 0 Å². The molecular formula is C18H23FN2O3. The molecule has 1 aromatic heterocycles. The third-order valence-corrected chi connectivity index (χ3v) is 3.64. The first kappa shape index (κ1) is 18.1. The van der Waals surface area contributed by atoms with E-state index in [1.165, 1.54) is 12.1 Å². The zero-order valence-electron chi connectivity index (χ0n) is 14.0. The zero-order valence-corrected chi connectivity index (χ0v) is 14.0. The fourth-order valence-electron chi connectivity index (χ4n) is 2.44. The lowest BCUT2D eigenvalue weighted by atomic mass is 10.0. The van der Waals surface area contributed by atoms with Crippen LogP contribution in [0.3, 0.4) is 0 Å². The summed E-state index contributed by atoms with van der Waals surface area (Å²) in [7, 11) is 0. The van der Waals surface area contributed by atoms with Gasteiger partial charge in [0.05, 0.1) is 12.3 Å². The first-order valence-corrected chi connectivity index (χ1v) is 8.09. The van der Waals surface area contributed by atoms with Gasteiger partial charge >= 0.3 is 0 Å². The summed E-state index contributed by atoms with van der Waals surface area (Å²) < 4.78 is 18.5. The molecule has 0 aliphatic carbocycles. The molecule has 0 aliphatic heterocycles. The number of hydrogen-bond donors (Lipinski definition) is 2. The van der Waals surface area contributed by atoms with Crippen molar-refractivity contribution in [3.63, 3.8) is 0 Å². The lowest BCUT2D eigenvalue weighted by Crippen LogP contribution is -2.29. The second-order valence-corrected chi connectivity index (χ2v) is 6.12. The van der Waals surface area contributed by atoms with Crippen molar-refractivity contribution in [3.8, 4) is 11.3 Å². The number of hydrogen-bond acceptors (Lipinski definition) is 4. The van der Waals surface area contributed by atoms with Gasteiger partial charge in [0.25, 0.3) is 0 Å². The largest absolute Gasteiger partial charge is 0.441 e. The van der Waals surface area contributed by atoms with Gasteiger partial charge in [0.15, 0.2) is 11.7 Å². The lowest BCUT2D eigenvalue weighted by molar-refractivity contribution is -0.121. The van der Waals surface area contributed by atoms with Crippen LogP contribution < -0.4 is 5.32 Å². The maximum atomic E-state index is 12.9. The van der Waals surface area contributed by atoms with Crippen LogP contribution in [0.4, 0.5) is 4.39 Å². The Morgan fingerprint density at radius 3 is 2.71 bits per heavy atom. The predicted molar refractivity (Wildman–Crippen MR) is 88.7 cm³/mol. The summed E-state index contributed by atoms with van der Waals surface area (Å²) in [6, 6.07) is 5.96. The number of aryl methyl sites for hydroxylation is 1. The number of carbonyl (C=O) groups excluding carboxylic acids is 1. The summed E-state index contributed by atoms with van der Waals surface area (Å²) in [5, 5.41) is 12.1. The topological polar surface area (TPSA) is 75.4 Å². The molecule has 2 N–H and O–H groups in total.